The number of nitriles is 1. The van der Waals surface area contributed by atoms with Gasteiger partial charge in [-0.15, -0.1) is 0 Å². The van der Waals surface area contributed by atoms with E-state index in [2.05, 4.69) is 24.3 Å². The molecule has 0 amide bonds. The minimum Gasteiger partial charge on any atom is -0.478 e. The van der Waals surface area contributed by atoms with Crippen molar-refractivity contribution in [3.8, 4) is 11.9 Å². The van der Waals surface area contributed by atoms with Crippen LogP contribution in [0.5, 0.6) is 5.88 Å². The standard InChI is InChI=1S/C31H29FN8O3/c1-37-20-34-16-24(37)17-40-27-14-22(31(41)42)7-8-26(27)35-29(40)18-38-9-11-39(12-10-38)28-3-2-4-30(36-28)43-19-23-6-5-21(15-33)13-25(23)32/h2-8,13-14,16,20H,9-12,17-19H2,1H3,(H,41,42). The van der Waals surface area contributed by atoms with E-state index in [9.17, 15) is 14.3 Å². The predicted octanol–water partition coefficient (Wildman–Crippen LogP) is 3.82. The lowest BCUT2D eigenvalue weighted by molar-refractivity contribution is 0.0697. The highest BCUT2D eigenvalue weighted by atomic mass is 19.1. The minimum absolute atomic E-state index is 0.00948. The van der Waals surface area contributed by atoms with Crippen molar-refractivity contribution in [3.63, 3.8) is 0 Å². The van der Waals surface area contributed by atoms with E-state index in [4.69, 9.17) is 15.0 Å². The zero-order chi connectivity index (χ0) is 29.9. The maximum atomic E-state index is 14.3. The van der Waals surface area contributed by atoms with Crippen molar-refractivity contribution in [1.82, 2.24) is 29.0 Å². The third kappa shape index (κ3) is 6.02. The first-order valence-corrected chi connectivity index (χ1v) is 13.8. The Morgan fingerprint density at radius 3 is 2.63 bits per heavy atom. The van der Waals surface area contributed by atoms with Crippen LogP contribution in [0.4, 0.5) is 10.2 Å². The number of piperazine rings is 1. The number of fused-ring (bicyclic) bond motifs is 1. The van der Waals surface area contributed by atoms with Gasteiger partial charge in [0.05, 0.1) is 53.3 Å². The van der Waals surface area contributed by atoms with Crippen molar-refractivity contribution in [3.05, 3.63) is 101 Å². The van der Waals surface area contributed by atoms with Crippen molar-refractivity contribution >= 4 is 22.8 Å². The number of hydrogen-bond donors (Lipinski definition) is 1. The maximum absolute atomic E-state index is 14.3. The van der Waals surface area contributed by atoms with Gasteiger partial charge >= 0.3 is 5.97 Å². The first-order valence-electron chi connectivity index (χ1n) is 13.8. The van der Waals surface area contributed by atoms with E-state index in [0.717, 1.165) is 54.5 Å². The van der Waals surface area contributed by atoms with Crippen molar-refractivity contribution in [1.29, 1.82) is 5.26 Å². The zero-order valence-electron chi connectivity index (χ0n) is 23.5. The summed E-state index contributed by atoms with van der Waals surface area (Å²) >= 11 is 0. The SMILES string of the molecule is Cn1cncc1Cn1c(CN2CCN(c3cccc(OCc4ccc(C#N)cc4F)n3)CC2)nc2ccc(C(=O)O)cc21. The topological polar surface area (TPSA) is 125 Å². The third-order valence-corrected chi connectivity index (χ3v) is 7.64. The van der Waals surface area contributed by atoms with Gasteiger partial charge in [0.15, 0.2) is 0 Å². The van der Waals surface area contributed by atoms with Gasteiger partial charge in [-0.2, -0.15) is 10.2 Å². The van der Waals surface area contributed by atoms with Crippen LogP contribution in [-0.2, 0) is 26.7 Å². The summed E-state index contributed by atoms with van der Waals surface area (Å²) in [7, 11) is 1.93. The van der Waals surface area contributed by atoms with Gasteiger partial charge in [-0.05, 0) is 36.4 Å². The molecule has 0 atom stereocenters. The van der Waals surface area contributed by atoms with E-state index in [0.29, 0.717) is 24.5 Å². The Kier molecular flexibility index (Phi) is 7.72. The fraction of sp³-hybridized carbons (Fsp3) is 0.258. The van der Waals surface area contributed by atoms with Crippen molar-refractivity contribution < 1.29 is 19.0 Å². The van der Waals surface area contributed by atoms with Gasteiger partial charge in [0.1, 0.15) is 24.1 Å². The minimum atomic E-state index is -0.975. The third-order valence-electron chi connectivity index (χ3n) is 7.64. The lowest BCUT2D eigenvalue weighted by Crippen LogP contribution is -2.46. The molecule has 0 bridgehead atoms. The number of anilines is 1. The summed E-state index contributed by atoms with van der Waals surface area (Å²) in [5.74, 6) is 0.575. The van der Waals surface area contributed by atoms with E-state index < -0.39 is 11.8 Å². The lowest BCUT2D eigenvalue weighted by atomic mass is 10.1. The molecule has 0 radical (unpaired) electrons. The van der Waals surface area contributed by atoms with E-state index in [1.807, 2.05) is 29.8 Å². The number of imidazole rings is 2. The Morgan fingerprint density at radius 2 is 1.91 bits per heavy atom. The highest BCUT2D eigenvalue weighted by Gasteiger charge is 2.22. The van der Waals surface area contributed by atoms with E-state index >= 15 is 0 Å². The number of pyridine rings is 1. The molecule has 0 spiro atoms. The molecule has 1 N–H and O–H groups in total. The lowest BCUT2D eigenvalue weighted by Gasteiger charge is -2.35. The summed E-state index contributed by atoms with van der Waals surface area (Å²) in [6.45, 7) is 4.17. The second kappa shape index (κ2) is 11.9. The van der Waals surface area contributed by atoms with Crippen molar-refractivity contribution in [2.24, 2.45) is 7.05 Å². The van der Waals surface area contributed by atoms with Crippen molar-refractivity contribution in [2.45, 2.75) is 19.7 Å². The average Bonchev–Trinajstić information content (AvgIpc) is 3.58. The first kappa shape index (κ1) is 27.9. The summed E-state index contributed by atoms with van der Waals surface area (Å²) in [6.07, 6.45) is 3.55. The number of carbonyl (C=O) groups is 1. The monoisotopic (exact) mass is 580 g/mol. The highest BCUT2D eigenvalue weighted by molar-refractivity contribution is 5.92. The fourth-order valence-electron chi connectivity index (χ4n) is 5.18. The molecule has 2 aromatic carbocycles. The molecule has 1 aliphatic heterocycles. The van der Waals surface area contributed by atoms with Gasteiger partial charge in [0, 0.05) is 51.1 Å². The van der Waals surface area contributed by atoms with E-state index in [1.165, 1.54) is 6.07 Å². The molecule has 4 heterocycles. The van der Waals surface area contributed by atoms with E-state index in [-0.39, 0.29) is 17.7 Å². The molecular formula is C31H29FN8O3. The molecule has 11 nitrogen and oxygen atoms in total. The van der Waals surface area contributed by atoms with Crippen LogP contribution in [0.15, 0.2) is 67.1 Å². The average molecular weight is 581 g/mol. The molecule has 0 saturated carbocycles. The summed E-state index contributed by atoms with van der Waals surface area (Å²) in [5.41, 5.74) is 3.35. The van der Waals surface area contributed by atoms with Crippen LogP contribution in [0.1, 0.15) is 33.0 Å². The van der Waals surface area contributed by atoms with Gasteiger partial charge in [-0.25, -0.2) is 19.2 Å². The number of rotatable bonds is 9. The summed E-state index contributed by atoms with van der Waals surface area (Å²) in [4.78, 5) is 29.9. The number of nitrogens with zero attached hydrogens (tertiary/aromatic N) is 8. The quantitative estimate of drug-likeness (QED) is 0.277. The number of aryl methyl sites for hydroxylation is 1. The molecule has 12 heteroatoms. The van der Waals surface area contributed by atoms with Gasteiger partial charge in [0.25, 0.3) is 0 Å². The normalized spacial score (nSPS) is 13.7. The Bertz CT molecular complexity index is 1830. The second-order valence-electron chi connectivity index (χ2n) is 10.4. The molecule has 218 valence electrons. The molecule has 0 aliphatic carbocycles. The van der Waals surface area contributed by atoms with Crippen LogP contribution in [0.3, 0.4) is 0 Å². The van der Waals surface area contributed by atoms with Crippen LogP contribution < -0.4 is 9.64 Å². The highest BCUT2D eigenvalue weighted by Crippen LogP contribution is 2.23. The summed E-state index contributed by atoms with van der Waals surface area (Å²) < 4.78 is 24.0. The van der Waals surface area contributed by atoms with Gasteiger partial charge < -0.3 is 23.9 Å². The summed E-state index contributed by atoms with van der Waals surface area (Å²) in [6, 6.07) is 16.8. The number of halogens is 1. The number of aromatic nitrogens is 5. The van der Waals surface area contributed by atoms with Gasteiger partial charge in [0.2, 0.25) is 5.88 Å². The Morgan fingerprint density at radius 1 is 1.07 bits per heavy atom. The Balaban J connectivity index is 1.13. The van der Waals surface area contributed by atoms with Crippen LogP contribution >= 0.6 is 0 Å². The Hall–Kier alpha value is -5.28. The number of aromatic carboxylic acids is 1. The second-order valence-corrected chi connectivity index (χ2v) is 10.4. The van der Waals surface area contributed by atoms with Crippen molar-refractivity contribution in [2.75, 3.05) is 31.1 Å². The van der Waals surface area contributed by atoms with Crippen LogP contribution in [0, 0.1) is 17.1 Å². The zero-order valence-corrected chi connectivity index (χ0v) is 23.5. The van der Waals surface area contributed by atoms with E-state index in [1.54, 1.807) is 48.9 Å². The fourth-order valence-corrected chi connectivity index (χ4v) is 5.18. The molecule has 6 rings (SSSR count). The molecule has 3 aromatic heterocycles. The van der Waals surface area contributed by atoms with Crippen LogP contribution in [0.25, 0.3) is 11.0 Å². The smallest absolute Gasteiger partial charge is 0.335 e. The molecule has 1 aliphatic rings. The molecular weight excluding hydrogens is 551 g/mol. The largest absolute Gasteiger partial charge is 0.478 e. The van der Waals surface area contributed by atoms with Crippen LogP contribution in [-0.4, -0.2) is 66.2 Å². The summed E-state index contributed by atoms with van der Waals surface area (Å²) in [5, 5.41) is 18.5. The number of benzene rings is 2. The number of hydrogen-bond acceptors (Lipinski definition) is 8. The number of ether oxygens (including phenoxy) is 1. The van der Waals surface area contributed by atoms with Gasteiger partial charge in [-0.1, -0.05) is 12.1 Å². The molecule has 1 fully saturated rings. The molecule has 43 heavy (non-hydrogen) atoms. The maximum Gasteiger partial charge on any atom is 0.335 e. The number of carboxylic acid groups (broad SMARTS) is 1. The van der Waals surface area contributed by atoms with Gasteiger partial charge in [-0.3, -0.25) is 4.90 Å². The van der Waals surface area contributed by atoms with Crippen LogP contribution in [0.2, 0.25) is 0 Å². The Labute approximate surface area is 247 Å². The predicted molar refractivity (Wildman–Crippen MR) is 156 cm³/mol. The number of carboxylic acids is 1. The first-order chi connectivity index (χ1) is 20.9. The molecule has 5 aromatic rings. The molecule has 0 unspecified atom stereocenters. The molecule has 1 saturated heterocycles.